The first-order valence-electron chi connectivity index (χ1n) is 9.66. The van der Waals surface area contributed by atoms with E-state index in [1.807, 2.05) is 0 Å². The monoisotopic (exact) mass is 476 g/mol. The number of hydrogen-bond donors (Lipinski definition) is 1. The van der Waals surface area contributed by atoms with Crippen molar-refractivity contribution in [3.05, 3.63) is 80.5 Å². The smallest absolute Gasteiger partial charge is 0.410 e. The highest BCUT2D eigenvalue weighted by atomic mass is 35.5. The van der Waals surface area contributed by atoms with Crippen LogP contribution in [0.3, 0.4) is 0 Å². The number of carbonyl (C=O) groups is 2. The second-order valence-corrected chi connectivity index (χ2v) is 8.45. The highest BCUT2D eigenvalue weighted by Crippen LogP contribution is 2.41. The Bertz CT molecular complexity index is 1140. The van der Waals surface area contributed by atoms with Gasteiger partial charge in [-0.05, 0) is 47.9 Å². The number of thiazole rings is 1. The molecule has 10 heteroatoms. The minimum Gasteiger partial charge on any atom is -0.482 e. The second-order valence-electron chi connectivity index (χ2n) is 7.03. The van der Waals surface area contributed by atoms with Crippen molar-refractivity contribution in [2.24, 2.45) is 0 Å². The standard InChI is InChI=1S/C22H18ClFN2O5S/c23-14-1-4-18(30-12-20(27)28)17(10-14)21-16-3-2-15(24)9-13(16)5-7-26(21)22(29)31-11-19-25-6-8-32-19/h1-4,6,8-10,21H,5,7,11-12H2,(H,27,28)/t21-/m0/s1. The average molecular weight is 477 g/mol. The van der Waals surface area contributed by atoms with Gasteiger partial charge in [0.15, 0.2) is 6.61 Å². The van der Waals surface area contributed by atoms with Gasteiger partial charge in [0.2, 0.25) is 0 Å². The predicted molar refractivity (Wildman–Crippen MR) is 116 cm³/mol. The number of aliphatic carboxylic acids is 1. The van der Waals surface area contributed by atoms with Gasteiger partial charge in [-0.15, -0.1) is 11.3 Å². The number of rotatable bonds is 6. The molecule has 0 bridgehead atoms. The Morgan fingerprint density at radius 3 is 2.84 bits per heavy atom. The largest absolute Gasteiger partial charge is 0.482 e. The van der Waals surface area contributed by atoms with Crippen LogP contribution in [0.5, 0.6) is 5.75 Å². The number of aromatic nitrogens is 1. The molecule has 166 valence electrons. The molecule has 0 aliphatic carbocycles. The van der Waals surface area contributed by atoms with Crippen LogP contribution in [0.1, 0.15) is 27.7 Å². The molecular weight excluding hydrogens is 459 g/mol. The molecule has 0 fully saturated rings. The highest BCUT2D eigenvalue weighted by molar-refractivity contribution is 7.09. The van der Waals surface area contributed by atoms with Crippen molar-refractivity contribution in [2.75, 3.05) is 13.2 Å². The number of amides is 1. The fourth-order valence-electron chi connectivity index (χ4n) is 3.66. The summed E-state index contributed by atoms with van der Waals surface area (Å²) >= 11 is 7.60. The van der Waals surface area contributed by atoms with E-state index in [0.29, 0.717) is 27.6 Å². The number of carboxylic acids is 1. The van der Waals surface area contributed by atoms with Gasteiger partial charge in [0.1, 0.15) is 23.2 Å². The van der Waals surface area contributed by atoms with E-state index in [4.69, 9.17) is 26.2 Å². The van der Waals surface area contributed by atoms with Crippen LogP contribution < -0.4 is 4.74 Å². The number of carbonyl (C=O) groups excluding carboxylic acids is 1. The van der Waals surface area contributed by atoms with Gasteiger partial charge < -0.3 is 14.6 Å². The molecule has 1 N–H and O–H groups in total. The maximum absolute atomic E-state index is 13.9. The number of carboxylic acid groups (broad SMARTS) is 1. The molecule has 7 nitrogen and oxygen atoms in total. The minimum absolute atomic E-state index is 0.0217. The third kappa shape index (κ3) is 4.84. The van der Waals surface area contributed by atoms with Crippen LogP contribution >= 0.6 is 22.9 Å². The number of ether oxygens (including phenoxy) is 2. The van der Waals surface area contributed by atoms with Crippen molar-refractivity contribution in [2.45, 2.75) is 19.1 Å². The number of halogens is 2. The summed E-state index contributed by atoms with van der Waals surface area (Å²) in [7, 11) is 0. The number of nitrogens with zero attached hydrogens (tertiary/aromatic N) is 2. The lowest BCUT2D eigenvalue weighted by molar-refractivity contribution is -0.139. The summed E-state index contributed by atoms with van der Waals surface area (Å²) in [6.45, 7) is -0.275. The normalized spacial score (nSPS) is 15.2. The number of hydrogen-bond acceptors (Lipinski definition) is 6. The van der Waals surface area contributed by atoms with E-state index in [1.165, 1.54) is 28.4 Å². The third-order valence-corrected chi connectivity index (χ3v) is 5.98. The first-order valence-corrected chi connectivity index (χ1v) is 10.9. The number of fused-ring (bicyclic) bond motifs is 1. The van der Waals surface area contributed by atoms with Crippen molar-refractivity contribution in [1.29, 1.82) is 0 Å². The van der Waals surface area contributed by atoms with E-state index in [2.05, 4.69) is 4.98 Å². The zero-order valence-corrected chi connectivity index (χ0v) is 18.2. The van der Waals surface area contributed by atoms with E-state index < -0.39 is 24.7 Å². The first kappa shape index (κ1) is 22.0. The van der Waals surface area contributed by atoms with Gasteiger partial charge in [-0.1, -0.05) is 17.7 Å². The van der Waals surface area contributed by atoms with E-state index >= 15 is 0 Å². The molecule has 4 rings (SSSR count). The summed E-state index contributed by atoms with van der Waals surface area (Å²) in [6, 6.07) is 8.40. The molecule has 1 aliphatic heterocycles. The van der Waals surface area contributed by atoms with E-state index in [-0.39, 0.29) is 24.7 Å². The van der Waals surface area contributed by atoms with Gasteiger partial charge in [-0.3, -0.25) is 4.90 Å². The SMILES string of the molecule is O=C(O)COc1ccc(Cl)cc1[C@@H]1c2ccc(F)cc2CCN1C(=O)OCc1nccs1. The van der Waals surface area contributed by atoms with Gasteiger partial charge in [0.05, 0.1) is 6.04 Å². The lowest BCUT2D eigenvalue weighted by Crippen LogP contribution is -2.41. The average Bonchev–Trinajstić information content (AvgIpc) is 3.29. The van der Waals surface area contributed by atoms with Crippen LogP contribution in [-0.2, 0) is 22.6 Å². The maximum atomic E-state index is 13.9. The van der Waals surface area contributed by atoms with Gasteiger partial charge in [0.25, 0.3) is 0 Å². The van der Waals surface area contributed by atoms with Crippen molar-refractivity contribution in [3.8, 4) is 5.75 Å². The Morgan fingerprint density at radius 2 is 2.09 bits per heavy atom. The Labute approximate surface area is 192 Å². The molecule has 0 spiro atoms. The molecule has 0 saturated heterocycles. The lowest BCUT2D eigenvalue weighted by Gasteiger charge is -2.37. The Balaban J connectivity index is 1.73. The Hall–Kier alpha value is -3.17. The lowest BCUT2D eigenvalue weighted by atomic mass is 9.88. The van der Waals surface area contributed by atoms with Crippen molar-refractivity contribution in [1.82, 2.24) is 9.88 Å². The molecule has 1 aliphatic rings. The predicted octanol–water partition coefficient (Wildman–Crippen LogP) is 4.68. The van der Waals surface area contributed by atoms with Crippen LogP contribution in [-0.4, -0.2) is 40.2 Å². The highest BCUT2D eigenvalue weighted by Gasteiger charge is 2.35. The zero-order valence-electron chi connectivity index (χ0n) is 16.7. The summed E-state index contributed by atoms with van der Waals surface area (Å²) in [5.41, 5.74) is 1.91. The van der Waals surface area contributed by atoms with Gasteiger partial charge in [-0.25, -0.2) is 19.0 Å². The molecule has 1 aromatic heterocycles. The van der Waals surface area contributed by atoms with Gasteiger partial charge in [0, 0.05) is 28.7 Å². The quantitative estimate of drug-likeness (QED) is 0.555. The van der Waals surface area contributed by atoms with Crippen LogP contribution in [0.2, 0.25) is 5.02 Å². The minimum atomic E-state index is -1.14. The number of benzene rings is 2. The van der Waals surface area contributed by atoms with Gasteiger partial charge in [-0.2, -0.15) is 0 Å². The topological polar surface area (TPSA) is 89.0 Å². The summed E-state index contributed by atoms with van der Waals surface area (Å²) < 4.78 is 24.8. The molecule has 1 amide bonds. The van der Waals surface area contributed by atoms with E-state index in [0.717, 1.165) is 5.56 Å². The maximum Gasteiger partial charge on any atom is 0.410 e. The van der Waals surface area contributed by atoms with Crippen molar-refractivity contribution >= 4 is 35.0 Å². The molecule has 1 atom stereocenters. The van der Waals surface area contributed by atoms with Crippen molar-refractivity contribution < 1.29 is 28.6 Å². The van der Waals surface area contributed by atoms with Crippen molar-refractivity contribution in [3.63, 3.8) is 0 Å². The second kappa shape index (κ2) is 9.54. The molecular formula is C22H18ClFN2O5S. The summed E-state index contributed by atoms with van der Waals surface area (Å²) in [4.78, 5) is 29.7. The molecule has 2 heterocycles. The summed E-state index contributed by atoms with van der Waals surface area (Å²) in [5.74, 6) is -1.26. The molecule has 32 heavy (non-hydrogen) atoms. The zero-order chi connectivity index (χ0) is 22.7. The molecule has 0 saturated carbocycles. The fourth-order valence-corrected chi connectivity index (χ4v) is 4.37. The van der Waals surface area contributed by atoms with Gasteiger partial charge >= 0.3 is 12.1 Å². The first-order chi connectivity index (χ1) is 15.4. The third-order valence-electron chi connectivity index (χ3n) is 4.99. The molecule has 0 unspecified atom stereocenters. The molecule has 3 aromatic rings. The molecule has 2 aromatic carbocycles. The fraction of sp³-hybridized carbons (Fsp3) is 0.227. The van der Waals surface area contributed by atoms with Crippen LogP contribution in [0, 0.1) is 5.82 Å². The Morgan fingerprint density at radius 1 is 1.25 bits per heavy atom. The van der Waals surface area contributed by atoms with Crippen LogP contribution in [0.25, 0.3) is 0 Å². The van der Waals surface area contributed by atoms with E-state index in [1.54, 1.807) is 35.8 Å². The van der Waals surface area contributed by atoms with Crippen LogP contribution in [0.4, 0.5) is 9.18 Å². The summed E-state index contributed by atoms with van der Waals surface area (Å²) in [5, 5.41) is 11.9. The molecule has 0 radical (unpaired) electrons. The Kier molecular flexibility index (Phi) is 6.57. The summed E-state index contributed by atoms with van der Waals surface area (Å²) in [6.07, 6.45) is 1.48. The van der Waals surface area contributed by atoms with E-state index in [9.17, 15) is 14.0 Å². The van der Waals surface area contributed by atoms with Crippen LogP contribution in [0.15, 0.2) is 48.0 Å².